The quantitative estimate of drug-likeness (QED) is 0.455. The molecular weight excluding hydrogens is 143 g/mol. The Labute approximate surface area is 62.7 Å². The molecule has 0 aliphatic heterocycles. The summed E-state index contributed by atoms with van der Waals surface area (Å²) in [6.45, 7) is 0. The minimum atomic E-state index is 0.516. The Morgan fingerprint density at radius 1 is 1.50 bits per heavy atom. The van der Waals surface area contributed by atoms with Crippen molar-refractivity contribution in [2.75, 3.05) is 0 Å². The van der Waals surface area contributed by atoms with Gasteiger partial charge in [0.15, 0.2) is 0 Å². The molecule has 1 atom stereocenters. The van der Waals surface area contributed by atoms with Crippen LogP contribution in [0.1, 0.15) is 5.56 Å². The standard InChI is InChI=1S/C8H9OP/c9-5-4-7-2-1-3-8(10)6-7/h1-3,5-6H,4,10H2. The Kier molecular flexibility index (Phi) is 2.58. The third kappa shape index (κ3) is 1.93. The van der Waals surface area contributed by atoms with Crippen LogP contribution in [0, 0.1) is 0 Å². The van der Waals surface area contributed by atoms with Gasteiger partial charge in [0.1, 0.15) is 6.29 Å². The summed E-state index contributed by atoms with van der Waals surface area (Å²) in [5, 5.41) is 1.12. The predicted octanol–water partition coefficient (Wildman–Crippen LogP) is 0.928. The van der Waals surface area contributed by atoms with E-state index in [4.69, 9.17) is 0 Å². The van der Waals surface area contributed by atoms with E-state index >= 15 is 0 Å². The van der Waals surface area contributed by atoms with Crippen molar-refractivity contribution in [2.45, 2.75) is 6.42 Å². The molecule has 0 amide bonds. The van der Waals surface area contributed by atoms with E-state index < -0.39 is 0 Å². The molecule has 0 fully saturated rings. The number of benzene rings is 1. The molecule has 0 N–H and O–H groups in total. The van der Waals surface area contributed by atoms with E-state index in [0.717, 1.165) is 17.2 Å². The lowest BCUT2D eigenvalue weighted by atomic mass is 10.2. The highest BCUT2D eigenvalue weighted by molar-refractivity contribution is 7.27. The van der Waals surface area contributed by atoms with Crippen LogP contribution in [-0.2, 0) is 11.2 Å². The molecule has 0 aliphatic carbocycles. The van der Waals surface area contributed by atoms with E-state index in [-0.39, 0.29) is 0 Å². The summed E-state index contributed by atoms with van der Waals surface area (Å²) >= 11 is 0. The van der Waals surface area contributed by atoms with Crippen LogP contribution < -0.4 is 5.30 Å². The number of carbonyl (C=O) groups excluding carboxylic acids is 1. The van der Waals surface area contributed by atoms with Crippen molar-refractivity contribution in [3.05, 3.63) is 29.8 Å². The summed E-state index contributed by atoms with van der Waals surface area (Å²) in [7, 11) is 2.60. The second-order valence-electron chi connectivity index (χ2n) is 2.12. The van der Waals surface area contributed by atoms with Crippen molar-refractivity contribution in [3.63, 3.8) is 0 Å². The van der Waals surface area contributed by atoms with Gasteiger partial charge in [-0.25, -0.2) is 0 Å². The van der Waals surface area contributed by atoms with Gasteiger partial charge in [-0.1, -0.05) is 24.3 Å². The SMILES string of the molecule is O=CCc1cccc(P)c1. The number of hydrogen-bond acceptors (Lipinski definition) is 1. The van der Waals surface area contributed by atoms with Crippen LogP contribution in [-0.4, -0.2) is 6.29 Å². The smallest absolute Gasteiger partial charge is 0.124 e. The van der Waals surface area contributed by atoms with Gasteiger partial charge in [-0.3, -0.25) is 0 Å². The maximum absolute atomic E-state index is 10.1. The zero-order valence-electron chi connectivity index (χ0n) is 5.58. The highest BCUT2D eigenvalue weighted by Gasteiger charge is 1.89. The van der Waals surface area contributed by atoms with E-state index in [9.17, 15) is 4.79 Å². The molecule has 10 heavy (non-hydrogen) atoms. The third-order valence-electron chi connectivity index (χ3n) is 1.27. The molecule has 2 heteroatoms. The van der Waals surface area contributed by atoms with Crippen molar-refractivity contribution in [1.82, 2.24) is 0 Å². The predicted molar refractivity (Wildman–Crippen MR) is 45.6 cm³/mol. The molecule has 1 nitrogen and oxygen atoms in total. The Bertz CT molecular complexity index is 232. The number of aldehydes is 1. The normalized spacial score (nSPS) is 9.30. The van der Waals surface area contributed by atoms with Crippen LogP contribution in [0.4, 0.5) is 0 Å². The lowest BCUT2D eigenvalue weighted by Gasteiger charge is -1.94. The molecule has 1 unspecified atom stereocenters. The molecule has 0 spiro atoms. The van der Waals surface area contributed by atoms with Crippen molar-refractivity contribution >= 4 is 20.8 Å². The van der Waals surface area contributed by atoms with Crippen LogP contribution in [0.5, 0.6) is 0 Å². The van der Waals surface area contributed by atoms with Crippen molar-refractivity contribution < 1.29 is 4.79 Å². The first-order valence-corrected chi connectivity index (χ1v) is 3.68. The fourth-order valence-electron chi connectivity index (χ4n) is 0.816. The zero-order valence-corrected chi connectivity index (χ0v) is 6.73. The van der Waals surface area contributed by atoms with Gasteiger partial charge in [-0.2, -0.15) is 0 Å². The van der Waals surface area contributed by atoms with Gasteiger partial charge >= 0.3 is 0 Å². The molecule has 1 rings (SSSR count). The second kappa shape index (κ2) is 3.48. The summed E-state index contributed by atoms with van der Waals surface area (Å²) in [6, 6.07) is 7.86. The van der Waals surface area contributed by atoms with Crippen molar-refractivity contribution in [2.24, 2.45) is 0 Å². The van der Waals surface area contributed by atoms with E-state index in [1.54, 1.807) is 0 Å². The van der Waals surface area contributed by atoms with Crippen molar-refractivity contribution in [1.29, 1.82) is 0 Å². The van der Waals surface area contributed by atoms with Gasteiger partial charge in [0.2, 0.25) is 0 Å². The molecule has 0 saturated heterocycles. The highest BCUT2D eigenvalue weighted by Crippen LogP contribution is 1.98. The fraction of sp³-hybridized carbons (Fsp3) is 0.125. The first-order chi connectivity index (χ1) is 4.83. The summed E-state index contributed by atoms with van der Waals surface area (Å²) in [5.41, 5.74) is 1.07. The van der Waals surface area contributed by atoms with E-state index in [2.05, 4.69) is 9.24 Å². The average Bonchev–Trinajstić information content (AvgIpc) is 1.88. The minimum absolute atomic E-state index is 0.516. The average molecular weight is 152 g/mol. The molecule has 52 valence electrons. The Morgan fingerprint density at radius 3 is 2.90 bits per heavy atom. The highest BCUT2D eigenvalue weighted by atomic mass is 31.0. The van der Waals surface area contributed by atoms with Gasteiger partial charge < -0.3 is 4.79 Å². The molecule has 1 aromatic rings. The van der Waals surface area contributed by atoms with Crippen LogP contribution in [0.25, 0.3) is 0 Å². The molecule has 0 bridgehead atoms. The Balaban J connectivity index is 2.84. The van der Waals surface area contributed by atoms with Gasteiger partial charge in [-0.05, 0) is 10.9 Å². The van der Waals surface area contributed by atoms with Crippen LogP contribution in [0.15, 0.2) is 24.3 Å². The molecule has 0 aromatic heterocycles. The first-order valence-electron chi connectivity index (χ1n) is 3.11. The Morgan fingerprint density at radius 2 is 2.30 bits per heavy atom. The topological polar surface area (TPSA) is 17.1 Å². The number of rotatable bonds is 2. The largest absolute Gasteiger partial charge is 0.303 e. The summed E-state index contributed by atoms with van der Waals surface area (Å²) < 4.78 is 0. The van der Waals surface area contributed by atoms with Gasteiger partial charge in [0, 0.05) is 6.42 Å². The summed E-state index contributed by atoms with van der Waals surface area (Å²) in [6.07, 6.45) is 1.43. The van der Waals surface area contributed by atoms with Crippen LogP contribution >= 0.6 is 9.24 Å². The maximum Gasteiger partial charge on any atom is 0.124 e. The van der Waals surface area contributed by atoms with Crippen LogP contribution in [0.3, 0.4) is 0 Å². The molecule has 0 heterocycles. The monoisotopic (exact) mass is 152 g/mol. The lowest BCUT2D eigenvalue weighted by molar-refractivity contribution is -0.107. The fourth-order valence-corrected chi connectivity index (χ4v) is 1.14. The van der Waals surface area contributed by atoms with Crippen molar-refractivity contribution in [3.8, 4) is 0 Å². The van der Waals surface area contributed by atoms with E-state index in [1.807, 2.05) is 24.3 Å². The van der Waals surface area contributed by atoms with Gasteiger partial charge in [0.05, 0.1) is 0 Å². The van der Waals surface area contributed by atoms with Crippen LogP contribution in [0.2, 0.25) is 0 Å². The van der Waals surface area contributed by atoms with Gasteiger partial charge in [-0.15, -0.1) is 9.24 Å². The molecule has 1 aromatic carbocycles. The Hall–Kier alpha value is -0.680. The zero-order chi connectivity index (χ0) is 7.40. The summed E-state index contributed by atoms with van der Waals surface area (Å²) in [4.78, 5) is 10.1. The third-order valence-corrected chi connectivity index (χ3v) is 1.63. The number of hydrogen-bond donors (Lipinski definition) is 0. The maximum atomic E-state index is 10.1. The lowest BCUT2D eigenvalue weighted by Crippen LogP contribution is -1.93. The van der Waals surface area contributed by atoms with Gasteiger partial charge in [0.25, 0.3) is 0 Å². The first kappa shape index (κ1) is 7.43. The molecule has 0 radical (unpaired) electrons. The minimum Gasteiger partial charge on any atom is -0.303 e. The van der Waals surface area contributed by atoms with E-state index in [1.165, 1.54) is 0 Å². The summed E-state index contributed by atoms with van der Waals surface area (Å²) in [5.74, 6) is 0. The molecular formula is C8H9OP. The van der Waals surface area contributed by atoms with E-state index in [0.29, 0.717) is 6.42 Å². The molecule has 0 aliphatic rings. The number of carbonyl (C=O) groups is 1. The molecule has 0 saturated carbocycles. The second-order valence-corrected chi connectivity index (χ2v) is 2.78.